The predicted molar refractivity (Wildman–Crippen MR) is 71.6 cm³/mol. The van der Waals surface area contributed by atoms with Crippen LogP contribution in [0.5, 0.6) is 0 Å². The summed E-state index contributed by atoms with van der Waals surface area (Å²) in [6, 6.07) is 7.96. The summed E-state index contributed by atoms with van der Waals surface area (Å²) in [6.45, 7) is 2.02. The Labute approximate surface area is 109 Å². The fraction of sp³-hybridized carbons (Fsp3) is 0.167. The van der Waals surface area contributed by atoms with E-state index in [1.807, 2.05) is 36.6 Å². The van der Waals surface area contributed by atoms with Crippen LogP contribution in [0.25, 0.3) is 11.3 Å². The summed E-state index contributed by atoms with van der Waals surface area (Å²) in [5.74, 6) is -0.974. The third-order valence-electron chi connectivity index (χ3n) is 2.34. The first kappa shape index (κ1) is 12.1. The third kappa shape index (κ3) is 2.68. The van der Waals surface area contributed by atoms with Gasteiger partial charge in [0.15, 0.2) is 5.25 Å². The van der Waals surface area contributed by atoms with Crippen LogP contribution < -0.4 is 0 Å². The minimum Gasteiger partial charge on any atom is -0.480 e. The lowest BCUT2D eigenvalue weighted by Gasteiger charge is -2.00. The first-order chi connectivity index (χ1) is 8.08. The molecule has 1 heterocycles. The SMILES string of the molecule is Cc1ccc(-c2csc(C(S)C(=O)O)n2)cc1. The Bertz CT molecular complexity index is 534. The molecule has 0 aliphatic heterocycles. The van der Waals surface area contributed by atoms with Gasteiger partial charge in [-0.1, -0.05) is 29.8 Å². The molecule has 1 aromatic heterocycles. The molecule has 0 bridgehead atoms. The highest BCUT2D eigenvalue weighted by Crippen LogP contribution is 2.28. The van der Waals surface area contributed by atoms with E-state index < -0.39 is 11.2 Å². The second kappa shape index (κ2) is 4.89. The average Bonchev–Trinajstić information content (AvgIpc) is 2.78. The summed E-state index contributed by atoms with van der Waals surface area (Å²) in [5, 5.41) is 10.4. The van der Waals surface area contributed by atoms with Gasteiger partial charge in [0.05, 0.1) is 5.69 Å². The van der Waals surface area contributed by atoms with E-state index in [1.165, 1.54) is 16.9 Å². The van der Waals surface area contributed by atoms with Crippen LogP contribution in [0.4, 0.5) is 0 Å². The van der Waals surface area contributed by atoms with Crippen LogP contribution in [-0.2, 0) is 4.79 Å². The summed E-state index contributed by atoms with van der Waals surface area (Å²) in [5.41, 5.74) is 2.97. The monoisotopic (exact) mass is 265 g/mol. The van der Waals surface area contributed by atoms with Crippen molar-refractivity contribution < 1.29 is 9.90 Å². The normalized spacial score (nSPS) is 12.4. The maximum Gasteiger partial charge on any atom is 0.323 e. The Morgan fingerprint density at radius 2 is 2.06 bits per heavy atom. The highest BCUT2D eigenvalue weighted by atomic mass is 32.1. The van der Waals surface area contributed by atoms with Gasteiger partial charge in [-0.25, -0.2) is 4.98 Å². The van der Waals surface area contributed by atoms with Gasteiger partial charge < -0.3 is 5.11 Å². The van der Waals surface area contributed by atoms with Crippen molar-refractivity contribution in [1.82, 2.24) is 4.98 Å². The van der Waals surface area contributed by atoms with Crippen molar-refractivity contribution in [3.63, 3.8) is 0 Å². The van der Waals surface area contributed by atoms with Crippen molar-refractivity contribution in [3.05, 3.63) is 40.2 Å². The minimum absolute atomic E-state index is 0.511. The van der Waals surface area contributed by atoms with Crippen molar-refractivity contribution in [2.24, 2.45) is 0 Å². The van der Waals surface area contributed by atoms with Gasteiger partial charge in [-0.3, -0.25) is 4.79 Å². The molecule has 2 aromatic rings. The van der Waals surface area contributed by atoms with Gasteiger partial charge in [0.2, 0.25) is 0 Å². The molecular formula is C12H11NO2S2. The fourth-order valence-corrected chi connectivity index (χ4v) is 2.42. The molecule has 0 saturated carbocycles. The minimum atomic E-state index is -0.974. The van der Waals surface area contributed by atoms with E-state index in [-0.39, 0.29) is 0 Å². The van der Waals surface area contributed by atoms with Crippen molar-refractivity contribution in [3.8, 4) is 11.3 Å². The second-order valence-electron chi connectivity index (χ2n) is 3.68. The molecular weight excluding hydrogens is 254 g/mol. The molecule has 0 aliphatic carbocycles. The maximum absolute atomic E-state index is 10.8. The topological polar surface area (TPSA) is 50.2 Å². The van der Waals surface area contributed by atoms with E-state index in [0.29, 0.717) is 5.01 Å². The van der Waals surface area contributed by atoms with Crippen LogP contribution in [0.3, 0.4) is 0 Å². The lowest BCUT2D eigenvalue weighted by atomic mass is 10.1. The van der Waals surface area contributed by atoms with E-state index in [9.17, 15) is 4.79 Å². The van der Waals surface area contributed by atoms with E-state index in [2.05, 4.69) is 17.6 Å². The van der Waals surface area contributed by atoms with Gasteiger partial charge >= 0.3 is 5.97 Å². The molecule has 0 radical (unpaired) electrons. The number of aliphatic carboxylic acids is 1. The number of thiol groups is 1. The quantitative estimate of drug-likeness (QED) is 0.838. The molecule has 0 aliphatic rings. The van der Waals surface area contributed by atoms with Gasteiger partial charge in [-0.05, 0) is 6.92 Å². The van der Waals surface area contributed by atoms with Crippen molar-refractivity contribution in [1.29, 1.82) is 0 Å². The third-order valence-corrected chi connectivity index (χ3v) is 3.89. The highest BCUT2D eigenvalue weighted by Gasteiger charge is 2.18. The molecule has 1 aromatic carbocycles. The lowest BCUT2D eigenvalue weighted by molar-refractivity contribution is -0.136. The van der Waals surface area contributed by atoms with E-state index in [0.717, 1.165) is 11.3 Å². The molecule has 17 heavy (non-hydrogen) atoms. The Morgan fingerprint density at radius 3 is 2.65 bits per heavy atom. The maximum atomic E-state index is 10.8. The average molecular weight is 265 g/mol. The van der Waals surface area contributed by atoms with Crippen molar-refractivity contribution in [2.45, 2.75) is 12.2 Å². The summed E-state index contributed by atoms with van der Waals surface area (Å²) in [4.78, 5) is 15.1. The largest absolute Gasteiger partial charge is 0.480 e. The van der Waals surface area contributed by atoms with Crippen LogP contribution in [0.15, 0.2) is 29.6 Å². The number of hydrogen-bond acceptors (Lipinski definition) is 4. The van der Waals surface area contributed by atoms with Gasteiger partial charge in [0.25, 0.3) is 0 Å². The molecule has 2 rings (SSSR count). The standard InChI is InChI=1S/C12H11NO2S2/c1-7-2-4-8(5-3-7)9-6-17-11(13-9)10(16)12(14)15/h2-6,10,16H,1H3,(H,14,15). The lowest BCUT2D eigenvalue weighted by Crippen LogP contribution is -2.04. The number of thiazole rings is 1. The molecule has 0 amide bonds. The van der Waals surface area contributed by atoms with Gasteiger partial charge in [0.1, 0.15) is 5.01 Å². The Morgan fingerprint density at radius 1 is 1.41 bits per heavy atom. The Balaban J connectivity index is 2.29. The van der Waals surface area contributed by atoms with Gasteiger partial charge in [-0.15, -0.1) is 11.3 Å². The van der Waals surface area contributed by atoms with Crippen molar-refractivity contribution >= 4 is 29.9 Å². The number of aromatic nitrogens is 1. The summed E-state index contributed by atoms with van der Waals surface area (Å²) in [6.07, 6.45) is 0. The van der Waals surface area contributed by atoms with E-state index >= 15 is 0 Å². The van der Waals surface area contributed by atoms with Crippen LogP contribution in [0.2, 0.25) is 0 Å². The van der Waals surface area contributed by atoms with Gasteiger partial charge in [0, 0.05) is 10.9 Å². The number of carbonyl (C=O) groups is 1. The zero-order valence-corrected chi connectivity index (χ0v) is 10.8. The number of rotatable bonds is 3. The number of aryl methyl sites for hydroxylation is 1. The summed E-state index contributed by atoms with van der Waals surface area (Å²) in [7, 11) is 0. The summed E-state index contributed by atoms with van der Waals surface area (Å²) >= 11 is 5.32. The number of hydrogen-bond donors (Lipinski definition) is 2. The molecule has 0 saturated heterocycles. The summed E-state index contributed by atoms with van der Waals surface area (Å²) < 4.78 is 0. The molecule has 0 fully saturated rings. The molecule has 0 spiro atoms. The van der Waals surface area contributed by atoms with Gasteiger partial charge in [-0.2, -0.15) is 12.6 Å². The van der Waals surface area contributed by atoms with E-state index in [1.54, 1.807) is 0 Å². The highest BCUT2D eigenvalue weighted by molar-refractivity contribution is 7.81. The number of nitrogens with zero attached hydrogens (tertiary/aromatic N) is 1. The number of carboxylic acids is 1. The number of benzene rings is 1. The van der Waals surface area contributed by atoms with E-state index in [4.69, 9.17) is 5.11 Å². The Kier molecular flexibility index (Phi) is 3.49. The van der Waals surface area contributed by atoms with Crippen LogP contribution in [0.1, 0.15) is 15.8 Å². The van der Waals surface area contributed by atoms with Crippen molar-refractivity contribution in [2.75, 3.05) is 0 Å². The Hall–Kier alpha value is -1.33. The first-order valence-electron chi connectivity index (χ1n) is 5.01. The molecule has 5 heteroatoms. The first-order valence-corrected chi connectivity index (χ1v) is 6.41. The smallest absolute Gasteiger partial charge is 0.323 e. The second-order valence-corrected chi connectivity index (χ2v) is 5.08. The predicted octanol–water partition coefficient (Wildman–Crippen LogP) is 3.17. The van der Waals surface area contributed by atoms with Crippen LogP contribution in [-0.4, -0.2) is 16.1 Å². The zero-order chi connectivity index (χ0) is 12.4. The number of carboxylic acid groups (broad SMARTS) is 1. The molecule has 1 unspecified atom stereocenters. The molecule has 1 atom stereocenters. The molecule has 1 N–H and O–H groups in total. The van der Waals surface area contributed by atoms with Crippen LogP contribution >= 0.6 is 24.0 Å². The zero-order valence-electron chi connectivity index (χ0n) is 9.12. The molecule has 88 valence electrons. The fourth-order valence-electron chi connectivity index (χ4n) is 1.38. The molecule has 3 nitrogen and oxygen atoms in total. The van der Waals surface area contributed by atoms with Crippen LogP contribution in [0, 0.1) is 6.92 Å².